The Labute approximate surface area is 178 Å². The summed E-state index contributed by atoms with van der Waals surface area (Å²) in [6.07, 6.45) is 1.77. The molecule has 1 aliphatic rings. The second kappa shape index (κ2) is 8.43. The first-order valence-electron chi connectivity index (χ1n) is 9.93. The molecular weight excluding hydrogens is 396 g/mol. The highest BCUT2D eigenvalue weighted by Crippen LogP contribution is 2.27. The maximum Gasteiger partial charge on any atom is 0.209 e. The van der Waals surface area contributed by atoms with Crippen molar-refractivity contribution in [2.45, 2.75) is 19.6 Å². The summed E-state index contributed by atoms with van der Waals surface area (Å²) in [5, 5.41) is 13.2. The Kier molecular flexibility index (Phi) is 5.35. The van der Waals surface area contributed by atoms with Gasteiger partial charge in [-0.15, -0.1) is 10.2 Å². The number of aromatic nitrogens is 4. The van der Waals surface area contributed by atoms with E-state index in [0.29, 0.717) is 6.61 Å². The Balaban J connectivity index is 1.34. The van der Waals surface area contributed by atoms with E-state index < -0.39 is 0 Å². The van der Waals surface area contributed by atoms with Crippen LogP contribution in [-0.4, -0.2) is 44.8 Å². The molecule has 8 heteroatoms. The maximum atomic E-state index is 6.09. The van der Waals surface area contributed by atoms with E-state index in [1.54, 1.807) is 5.51 Å². The first-order chi connectivity index (χ1) is 14.7. The number of pyridine rings is 2. The van der Waals surface area contributed by atoms with Gasteiger partial charge >= 0.3 is 0 Å². The van der Waals surface area contributed by atoms with Crippen LogP contribution in [0.2, 0.25) is 0 Å². The second-order valence-electron chi connectivity index (χ2n) is 7.37. The predicted molar refractivity (Wildman–Crippen MR) is 118 cm³/mol. The molecule has 1 aliphatic heterocycles. The molecule has 0 spiro atoms. The van der Waals surface area contributed by atoms with Crippen molar-refractivity contribution in [1.29, 1.82) is 0 Å². The number of benzene rings is 1. The van der Waals surface area contributed by atoms with Crippen molar-refractivity contribution in [2.75, 3.05) is 25.0 Å². The number of hydrogen-bond donors (Lipinski definition) is 1. The summed E-state index contributed by atoms with van der Waals surface area (Å²) >= 11 is 1.47. The average Bonchev–Trinajstić information content (AvgIpc) is 3.27. The van der Waals surface area contributed by atoms with Crippen LogP contribution in [-0.2, 0) is 11.3 Å². The van der Waals surface area contributed by atoms with E-state index in [1.807, 2.05) is 31.3 Å². The highest BCUT2D eigenvalue weighted by Gasteiger charge is 2.24. The Morgan fingerprint density at radius 1 is 1.23 bits per heavy atom. The second-order valence-corrected chi connectivity index (χ2v) is 8.21. The molecule has 0 bridgehead atoms. The van der Waals surface area contributed by atoms with Gasteiger partial charge in [-0.25, -0.2) is 0 Å². The number of aryl methyl sites for hydroxylation is 1. The summed E-state index contributed by atoms with van der Waals surface area (Å²) in [5.74, 6) is 0. The molecule has 0 aliphatic carbocycles. The molecule has 7 nitrogen and oxygen atoms in total. The van der Waals surface area contributed by atoms with Crippen LogP contribution in [0.15, 0.2) is 54.2 Å². The van der Waals surface area contributed by atoms with E-state index in [0.717, 1.165) is 47.4 Å². The standard InChI is InChI=1S/C22H22N6OS/c1-15-10-17(26-22-27-24-14-30-22)11-20(25-15)21-13-28(8-9-29-21)12-16-4-2-6-19-18(16)5-3-7-23-19/h2-7,10-11,14,21H,8-9,12-13H2,1H3,(H,25,26,27)/t21-/m1/s1. The fourth-order valence-corrected chi connectivity index (χ4v) is 4.32. The molecule has 1 aromatic carbocycles. The van der Waals surface area contributed by atoms with Crippen LogP contribution in [0.4, 0.5) is 10.8 Å². The van der Waals surface area contributed by atoms with E-state index in [1.165, 1.54) is 22.3 Å². The van der Waals surface area contributed by atoms with Gasteiger partial charge < -0.3 is 10.1 Å². The summed E-state index contributed by atoms with van der Waals surface area (Å²) < 4.78 is 6.09. The molecule has 1 fully saturated rings. The van der Waals surface area contributed by atoms with Crippen molar-refractivity contribution in [3.05, 3.63) is 71.1 Å². The summed E-state index contributed by atoms with van der Waals surface area (Å²) in [6.45, 7) is 5.24. The number of fused-ring (bicyclic) bond motifs is 1. The summed E-state index contributed by atoms with van der Waals surface area (Å²) in [5.41, 5.74) is 6.87. The Morgan fingerprint density at radius 3 is 3.10 bits per heavy atom. The molecule has 30 heavy (non-hydrogen) atoms. The van der Waals surface area contributed by atoms with Gasteiger partial charge in [-0.05, 0) is 36.8 Å². The third-order valence-corrected chi connectivity index (χ3v) is 5.80. The minimum Gasteiger partial charge on any atom is -0.369 e. The number of morpholine rings is 1. The van der Waals surface area contributed by atoms with Crippen LogP contribution in [0.5, 0.6) is 0 Å². The molecule has 4 aromatic rings. The van der Waals surface area contributed by atoms with Gasteiger partial charge in [0.25, 0.3) is 0 Å². The molecule has 3 aromatic heterocycles. The van der Waals surface area contributed by atoms with E-state index in [9.17, 15) is 0 Å². The Morgan fingerprint density at radius 2 is 2.20 bits per heavy atom. The summed E-state index contributed by atoms with van der Waals surface area (Å²) in [4.78, 5) is 11.7. The van der Waals surface area contributed by atoms with Crippen LogP contribution < -0.4 is 5.32 Å². The van der Waals surface area contributed by atoms with E-state index in [4.69, 9.17) is 9.72 Å². The average molecular weight is 419 g/mol. The van der Waals surface area contributed by atoms with Gasteiger partial charge in [0, 0.05) is 42.6 Å². The quantitative estimate of drug-likeness (QED) is 0.523. The van der Waals surface area contributed by atoms with Crippen LogP contribution in [0.25, 0.3) is 10.9 Å². The van der Waals surface area contributed by atoms with E-state index in [2.05, 4.69) is 49.7 Å². The monoisotopic (exact) mass is 418 g/mol. The van der Waals surface area contributed by atoms with Crippen LogP contribution in [0.1, 0.15) is 23.1 Å². The van der Waals surface area contributed by atoms with Gasteiger partial charge in [0.1, 0.15) is 11.6 Å². The Hall–Kier alpha value is -2.94. The lowest BCUT2D eigenvalue weighted by Gasteiger charge is -2.33. The first kappa shape index (κ1) is 19.0. The highest BCUT2D eigenvalue weighted by molar-refractivity contribution is 7.13. The van der Waals surface area contributed by atoms with Gasteiger partial charge in [0.15, 0.2) is 0 Å². The molecular formula is C22H22N6OS. The lowest BCUT2D eigenvalue weighted by molar-refractivity contribution is -0.0349. The summed E-state index contributed by atoms with van der Waals surface area (Å²) in [7, 11) is 0. The van der Waals surface area contributed by atoms with Crippen LogP contribution >= 0.6 is 11.3 Å². The summed E-state index contributed by atoms with van der Waals surface area (Å²) in [6, 6.07) is 14.5. The normalized spacial score (nSPS) is 17.3. The van der Waals surface area contributed by atoms with Crippen LogP contribution in [0.3, 0.4) is 0 Å². The fourth-order valence-electron chi connectivity index (χ4n) is 3.85. The number of anilines is 2. The van der Waals surface area contributed by atoms with Gasteiger partial charge in [-0.2, -0.15) is 0 Å². The van der Waals surface area contributed by atoms with Crippen molar-refractivity contribution in [2.24, 2.45) is 0 Å². The Bertz CT molecular complexity index is 1140. The number of hydrogen-bond acceptors (Lipinski definition) is 8. The molecule has 1 N–H and O–H groups in total. The highest BCUT2D eigenvalue weighted by atomic mass is 32.1. The molecule has 152 valence electrons. The van der Waals surface area contributed by atoms with Gasteiger partial charge in [0.2, 0.25) is 5.13 Å². The number of ether oxygens (including phenoxy) is 1. The van der Waals surface area contributed by atoms with Gasteiger partial charge in [-0.1, -0.05) is 29.5 Å². The lowest BCUT2D eigenvalue weighted by atomic mass is 10.1. The first-order valence-corrected chi connectivity index (χ1v) is 10.8. The molecule has 0 saturated carbocycles. The minimum absolute atomic E-state index is 0.0679. The smallest absolute Gasteiger partial charge is 0.209 e. The third kappa shape index (κ3) is 4.16. The molecule has 0 radical (unpaired) electrons. The fraction of sp³-hybridized carbons (Fsp3) is 0.273. The predicted octanol–water partition coefficient (Wildman–Crippen LogP) is 4.11. The van der Waals surface area contributed by atoms with Crippen molar-refractivity contribution in [3.63, 3.8) is 0 Å². The molecule has 1 atom stereocenters. The zero-order valence-electron chi connectivity index (χ0n) is 16.7. The SMILES string of the molecule is Cc1cc(Nc2nncs2)cc([C@H]2CN(Cc3cccc4ncccc34)CCO2)n1. The van der Waals surface area contributed by atoms with Gasteiger partial charge in [0.05, 0.1) is 17.8 Å². The number of rotatable bonds is 5. The van der Waals surface area contributed by atoms with Gasteiger partial charge in [-0.3, -0.25) is 14.9 Å². The molecule has 4 heterocycles. The number of nitrogens with zero attached hydrogens (tertiary/aromatic N) is 5. The zero-order chi connectivity index (χ0) is 20.3. The van der Waals surface area contributed by atoms with E-state index >= 15 is 0 Å². The van der Waals surface area contributed by atoms with Crippen LogP contribution in [0, 0.1) is 6.92 Å². The largest absolute Gasteiger partial charge is 0.369 e. The maximum absolute atomic E-state index is 6.09. The minimum atomic E-state index is -0.0679. The molecule has 0 amide bonds. The van der Waals surface area contributed by atoms with Crippen molar-refractivity contribution in [3.8, 4) is 0 Å². The van der Waals surface area contributed by atoms with E-state index in [-0.39, 0.29) is 6.10 Å². The molecule has 1 saturated heterocycles. The molecule has 5 rings (SSSR count). The molecule has 0 unspecified atom stereocenters. The topological polar surface area (TPSA) is 76.1 Å². The number of nitrogens with one attached hydrogen (secondary N) is 1. The van der Waals surface area contributed by atoms with Crippen molar-refractivity contribution in [1.82, 2.24) is 25.1 Å². The van der Waals surface area contributed by atoms with Crippen molar-refractivity contribution < 1.29 is 4.74 Å². The lowest BCUT2D eigenvalue weighted by Crippen LogP contribution is -2.38. The third-order valence-electron chi connectivity index (χ3n) is 5.19. The zero-order valence-corrected chi connectivity index (χ0v) is 17.5. The van der Waals surface area contributed by atoms with Crippen molar-refractivity contribution >= 4 is 33.1 Å².